The van der Waals surface area contributed by atoms with Gasteiger partial charge in [-0.25, -0.2) is 0 Å². The number of thiocarbonyl (C=S) groups is 1. The molecule has 0 aromatic heterocycles. The molecule has 1 heterocycles. The SMILES string of the molecule is O=C1C(=Cc2cc(Br)ccc2O)SC(=S)N1N=Cc1cc([N+](=O)[O-])ccc1O. The highest BCUT2D eigenvalue weighted by molar-refractivity contribution is 9.10. The van der Waals surface area contributed by atoms with Gasteiger partial charge < -0.3 is 10.2 Å². The second-order valence-electron chi connectivity index (χ2n) is 5.44. The molecule has 2 aromatic carbocycles. The first kappa shape index (κ1) is 20.0. The van der Waals surface area contributed by atoms with E-state index >= 15 is 0 Å². The predicted octanol–water partition coefficient (Wildman–Crippen LogP) is 4.00. The van der Waals surface area contributed by atoms with Crippen LogP contribution in [0, 0.1) is 10.1 Å². The van der Waals surface area contributed by atoms with Crippen molar-refractivity contribution >= 4 is 68.1 Å². The third kappa shape index (κ3) is 4.21. The van der Waals surface area contributed by atoms with Crippen molar-refractivity contribution in [3.05, 3.63) is 67.0 Å². The Morgan fingerprint density at radius 3 is 2.57 bits per heavy atom. The van der Waals surface area contributed by atoms with Gasteiger partial charge in [-0.3, -0.25) is 14.9 Å². The van der Waals surface area contributed by atoms with Crippen LogP contribution < -0.4 is 0 Å². The number of amides is 1. The molecule has 1 fully saturated rings. The molecule has 0 aliphatic carbocycles. The lowest BCUT2D eigenvalue weighted by Gasteiger charge is -2.06. The molecule has 28 heavy (non-hydrogen) atoms. The van der Waals surface area contributed by atoms with Crippen LogP contribution in [0.25, 0.3) is 6.08 Å². The van der Waals surface area contributed by atoms with E-state index in [0.29, 0.717) is 5.56 Å². The molecule has 3 rings (SSSR count). The number of non-ortho nitro benzene ring substituents is 1. The minimum absolute atomic E-state index is 0.00140. The van der Waals surface area contributed by atoms with Crippen molar-refractivity contribution in [2.24, 2.45) is 5.10 Å². The molecule has 0 unspecified atom stereocenters. The fourth-order valence-electron chi connectivity index (χ4n) is 2.22. The third-order valence-electron chi connectivity index (χ3n) is 3.58. The summed E-state index contributed by atoms with van der Waals surface area (Å²) in [7, 11) is 0. The van der Waals surface area contributed by atoms with Gasteiger partial charge in [0.2, 0.25) is 0 Å². The van der Waals surface area contributed by atoms with Crippen LogP contribution in [-0.4, -0.2) is 36.6 Å². The standard InChI is InChI=1S/C17H10BrN3O5S2/c18-11-1-3-13(22)9(5-11)7-15-16(24)20(17(27)28-15)19-8-10-6-12(21(25)26)2-4-14(10)23/h1-8,22-23H. The molecule has 11 heteroatoms. The zero-order chi connectivity index (χ0) is 20.4. The minimum Gasteiger partial charge on any atom is -0.507 e. The molecule has 0 radical (unpaired) electrons. The van der Waals surface area contributed by atoms with Gasteiger partial charge in [-0.2, -0.15) is 10.1 Å². The molecule has 142 valence electrons. The maximum absolute atomic E-state index is 12.6. The zero-order valence-electron chi connectivity index (χ0n) is 13.8. The van der Waals surface area contributed by atoms with Crippen molar-refractivity contribution in [2.75, 3.05) is 0 Å². The van der Waals surface area contributed by atoms with Gasteiger partial charge >= 0.3 is 0 Å². The molecule has 0 saturated carbocycles. The lowest BCUT2D eigenvalue weighted by molar-refractivity contribution is -0.384. The summed E-state index contributed by atoms with van der Waals surface area (Å²) < 4.78 is 0.873. The molecule has 2 N–H and O–H groups in total. The molecular weight excluding hydrogens is 470 g/mol. The van der Waals surface area contributed by atoms with Crippen molar-refractivity contribution < 1.29 is 19.9 Å². The lowest BCUT2D eigenvalue weighted by Crippen LogP contribution is -2.22. The Kier molecular flexibility index (Phi) is 5.77. The van der Waals surface area contributed by atoms with Crippen LogP contribution in [0.1, 0.15) is 11.1 Å². The fraction of sp³-hybridized carbons (Fsp3) is 0. The van der Waals surface area contributed by atoms with E-state index in [2.05, 4.69) is 21.0 Å². The van der Waals surface area contributed by atoms with Gasteiger partial charge in [0, 0.05) is 27.7 Å². The number of phenolic OH excluding ortho intramolecular Hbond substituents is 2. The molecule has 1 saturated heterocycles. The summed E-state index contributed by atoms with van der Waals surface area (Å²) in [5, 5.41) is 35.5. The number of nitro benzene ring substituents is 1. The summed E-state index contributed by atoms with van der Waals surface area (Å²) in [5.74, 6) is -0.747. The average Bonchev–Trinajstić information content (AvgIpc) is 2.90. The number of benzene rings is 2. The Labute approximate surface area is 176 Å². The van der Waals surface area contributed by atoms with E-state index < -0.39 is 10.8 Å². The molecule has 2 aromatic rings. The summed E-state index contributed by atoms with van der Waals surface area (Å²) >= 11 is 9.45. The average molecular weight is 480 g/mol. The highest BCUT2D eigenvalue weighted by atomic mass is 79.9. The van der Waals surface area contributed by atoms with Gasteiger partial charge in [0.25, 0.3) is 11.6 Å². The van der Waals surface area contributed by atoms with Crippen molar-refractivity contribution in [1.82, 2.24) is 5.01 Å². The number of halogens is 1. The summed E-state index contributed by atoms with van der Waals surface area (Å²) in [6.07, 6.45) is 2.60. The van der Waals surface area contributed by atoms with Gasteiger partial charge in [0.05, 0.1) is 16.0 Å². The number of aromatic hydroxyl groups is 2. The highest BCUT2D eigenvalue weighted by Crippen LogP contribution is 2.35. The molecule has 1 amide bonds. The van der Waals surface area contributed by atoms with E-state index in [1.54, 1.807) is 12.1 Å². The van der Waals surface area contributed by atoms with Crippen molar-refractivity contribution in [2.45, 2.75) is 0 Å². The van der Waals surface area contributed by atoms with Gasteiger partial charge in [-0.15, -0.1) is 0 Å². The zero-order valence-corrected chi connectivity index (χ0v) is 17.0. The number of rotatable bonds is 4. The maximum atomic E-state index is 12.6. The first-order valence-electron chi connectivity index (χ1n) is 7.54. The highest BCUT2D eigenvalue weighted by Gasteiger charge is 2.32. The first-order valence-corrected chi connectivity index (χ1v) is 9.56. The summed E-state index contributed by atoms with van der Waals surface area (Å²) in [4.78, 5) is 23.1. The van der Waals surface area contributed by atoms with Crippen LogP contribution in [0.5, 0.6) is 11.5 Å². The van der Waals surface area contributed by atoms with Crippen LogP contribution in [0.2, 0.25) is 0 Å². The normalized spacial score (nSPS) is 15.8. The number of phenols is 2. The molecule has 1 aliphatic rings. The van der Waals surface area contributed by atoms with E-state index in [-0.39, 0.29) is 32.0 Å². The number of nitrogens with zero attached hydrogens (tertiary/aromatic N) is 3. The van der Waals surface area contributed by atoms with Crippen LogP contribution in [-0.2, 0) is 4.79 Å². The topological polar surface area (TPSA) is 116 Å². The third-order valence-corrected chi connectivity index (χ3v) is 5.36. The van der Waals surface area contributed by atoms with Crippen molar-refractivity contribution in [1.29, 1.82) is 0 Å². The van der Waals surface area contributed by atoms with Gasteiger partial charge in [-0.1, -0.05) is 27.7 Å². The number of thioether (sulfide) groups is 1. The van der Waals surface area contributed by atoms with Gasteiger partial charge in [0.1, 0.15) is 11.5 Å². The van der Waals surface area contributed by atoms with Gasteiger partial charge in [0.15, 0.2) is 4.32 Å². The van der Waals surface area contributed by atoms with E-state index in [9.17, 15) is 25.1 Å². The number of hydrogen-bond acceptors (Lipinski definition) is 8. The Morgan fingerprint density at radius 2 is 1.86 bits per heavy atom. The fourth-order valence-corrected chi connectivity index (χ4v) is 3.76. The number of nitro groups is 1. The largest absolute Gasteiger partial charge is 0.507 e. The van der Waals surface area contributed by atoms with Crippen molar-refractivity contribution in [3.63, 3.8) is 0 Å². The first-order chi connectivity index (χ1) is 13.3. The van der Waals surface area contributed by atoms with Crippen LogP contribution in [0.15, 0.2) is 50.9 Å². The Hall–Kier alpha value is -2.76. The van der Waals surface area contributed by atoms with Crippen LogP contribution in [0.4, 0.5) is 5.69 Å². The van der Waals surface area contributed by atoms with E-state index in [1.807, 2.05) is 0 Å². The molecule has 0 atom stereocenters. The van der Waals surface area contributed by atoms with E-state index in [1.165, 1.54) is 18.2 Å². The quantitative estimate of drug-likeness (QED) is 0.223. The van der Waals surface area contributed by atoms with Crippen molar-refractivity contribution in [3.8, 4) is 11.5 Å². The number of hydrazone groups is 1. The summed E-state index contributed by atoms with van der Waals surface area (Å²) in [6.45, 7) is 0. The monoisotopic (exact) mass is 479 g/mol. The Balaban J connectivity index is 1.88. The Morgan fingerprint density at radius 1 is 1.18 bits per heavy atom. The molecular formula is C17H10BrN3O5S2. The maximum Gasteiger partial charge on any atom is 0.286 e. The van der Waals surface area contributed by atoms with E-state index in [4.69, 9.17) is 12.2 Å². The second-order valence-corrected chi connectivity index (χ2v) is 8.03. The number of hydrogen-bond donors (Lipinski definition) is 2. The molecule has 1 aliphatic heterocycles. The predicted molar refractivity (Wildman–Crippen MR) is 113 cm³/mol. The van der Waals surface area contributed by atoms with Gasteiger partial charge in [-0.05, 0) is 42.6 Å². The summed E-state index contributed by atoms with van der Waals surface area (Å²) in [5.41, 5.74) is 0.265. The minimum atomic E-state index is -0.608. The number of carbonyl (C=O) groups is 1. The molecule has 8 nitrogen and oxygen atoms in total. The van der Waals surface area contributed by atoms with E-state index in [0.717, 1.165) is 39.6 Å². The molecule has 0 spiro atoms. The summed E-state index contributed by atoms with van der Waals surface area (Å²) in [6, 6.07) is 8.24. The van der Waals surface area contributed by atoms with Crippen LogP contribution >= 0.6 is 39.9 Å². The smallest absolute Gasteiger partial charge is 0.286 e. The number of carbonyl (C=O) groups excluding carboxylic acids is 1. The Bertz CT molecular complexity index is 1070. The van der Waals surface area contributed by atoms with Crippen LogP contribution in [0.3, 0.4) is 0 Å². The molecule has 0 bridgehead atoms. The second kappa shape index (κ2) is 8.09. The lowest BCUT2D eigenvalue weighted by atomic mass is 10.2.